The van der Waals surface area contributed by atoms with Crippen LogP contribution in [0.3, 0.4) is 0 Å². The summed E-state index contributed by atoms with van der Waals surface area (Å²) in [6.07, 6.45) is -1.17. The fourth-order valence-corrected chi connectivity index (χ4v) is 3.97. The Morgan fingerprint density at radius 1 is 1.17 bits per heavy atom. The normalized spacial score (nSPS) is 12.4. The molecule has 0 aliphatic rings. The molecule has 0 saturated carbocycles. The van der Waals surface area contributed by atoms with Crippen molar-refractivity contribution in [3.8, 4) is 0 Å². The van der Waals surface area contributed by atoms with Gasteiger partial charge in [0.1, 0.15) is 6.54 Å². The van der Waals surface area contributed by atoms with Crippen molar-refractivity contribution in [3.05, 3.63) is 51.8 Å². The van der Waals surface area contributed by atoms with E-state index in [1.807, 2.05) is 0 Å². The maximum Gasteiger partial charge on any atom is 0.321 e. The average Bonchev–Trinajstić information content (AvgIpc) is 2.94. The van der Waals surface area contributed by atoms with E-state index in [9.17, 15) is 22.8 Å². The van der Waals surface area contributed by atoms with Crippen molar-refractivity contribution < 1.29 is 27.5 Å². The summed E-state index contributed by atoms with van der Waals surface area (Å²) in [5.74, 6) is -1.63. The Hall–Kier alpha value is -2.49. The number of aryl methyl sites for hydroxylation is 1. The number of aromatic amines is 1. The Balaban J connectivity index is 2.02. The number of benzene rings is 1. The maximum atomic E-state index is 12.6. The number of aromatic nitrogens is 1. The number of nitrogens with one attached hydrogen (secondary N) is 2. The number of sulfonamides is 1. The van der Waals surface area contributed by atoms with Crippen molar-refractivity contribution in [2.45, 2.75) is 38.7 Å². The number of rotatable bonds is 8. The maximum absolute atomic E-state index is 12.6. The van der Waals surface area contributed by atoms with Gasteiger partial charge in [0, 0.05) is 16.3 Å². The first-order chi connectivity index (χ1) is 13.4. The minimum atomic E-state index is -3.94. The predicted molar refractivity (Wildman–Crippen MR) is 107 cm³/mol. The highest BCUT2D eigenvalue weighted by Crippen LogP contribution is 2.20. The van der Waals surface area contributed by atoms with Crippen molar-refractivity contribution in [2.24, 2.45) is 0 Å². The van der Waals surface area contributed by atoms with Crippen molar-refractivity contribution in [2.75, 3.05) is 6.54 Å². The minimum Gasteiger partial charge on any atom is -0.453 e. The molecule has 1 heterocycles. The Morgan fingerprint density at radius 2 is 1.76 bits per heavy atom. The van der Waals surface area contributed by atoms with E-state index in [4.69, 9.17) is 16.3 Å². The molecule has 10 heteroatoms. The molecule has 0 spiro atoms. The monoisotopic (exact) mass is 440 g/mol. The number of hydrogen-bond acceptors (Lipinski definition) is 6. The summed E-state index contributed by atoms with van der Waals surface area (Å²) >= 11 is 5.72. The summed E-state index contributed by atoms with van der Waals surface area (Å²) in [4.78, 5) is 39.1. The lowest BCUT2D eigenvalue weighted by molar-refractivity contribution is -0.144. The smallest absolute Gasteiger partial charge is 0.321 e. The number of ketones is 2. The molecule has 8 nitrogen and oxygen atoms in total. The fraction of sp³-hybridized carbons (Fsp3) is 0.316. The number of hydrogen-bond donors (Lipinski definition) is 2. The molecule has 1 atom stereocenters. The minimum absolute atomic E-state index is 0.0620. The van der Waals surface area contributed by atoms with Gasteiger partial charge in [-0.2, -0.15) is 4.72 Å². The Morgan fingerprint density at radius 3 is 2.28 bits per heavy atom. The molecule has 0 bridgehead atoms. The van der Waals surface area contributed by atoms with Crippen LogP contribution < -0.4 is 4.72 Å². The van der Waals surface area contributed by atoms with Crippen LogP contribution in [-0.2, 0) is 19.6 Å². The average molecular weight is 441 g/mol. The first-order valence-corrected chi connectivity index (χ1v) is 10.5. The molecule has 2 aromatic rings. The van der Waals surface area contributed by atoms with Crippen LogP contribution in [0.4, 0.5) is 0 Å². The highest BCUT2D eigenvalue weighted by Gasteiger charge is 2.26. The quantitative estimate of drug-likeness (QED) is 0.480. The van der Waals surface area contributed by atoms with E-state index in [1.165, 1.54) is 38.1 Å². The molecule has 2 rings (SSSR count). The molecule has 1 unspecified atom stereocenters. The van der Waals surface area contributed by atoms with Crippen molar-refractivity contribution in [1.82, 2.24) is 9.71 Å². The largest absolute Gasteiger partial charge is 0.453 e. The Labute approximate surface area is 173 Å². The van der Waals surface area contributed by atoms with Crippen LogP contribution in [0.5, 0.6) is 0 Å². The number of Topliss-reactive ketones (excluding diaryl/α,β-unsaturated/α-hetero) is 2. The lowest BCUT2D eigenvalue weighted by Gasteiger charge is -2.13. The molecule has 0 aliphatic heterocycles. The van der Waals surface area contributed by atoms with Gasteiger partial charge in [0.05, 0.1) is 10.6 Å². The zero-order chi connectivity index (χ0) is 21.9. The van der Waals surface area contributed by atoms with Crippen LogP contribution in [0.1, 0.15) is 46.0 Å². The lowest BCUT2D eigenvalue weighted by Crippen LogP contribution is -2.34. The first kappa shape index (κ1) is 22.8. The van der Waals surface area contributed by atoms with Gasteiger partial charge in [-0.25, -0.2) is 8.42 Å². The third kappa shape index (κ3) is 5.31. The van der Waals surface area contributed by atoms with Gasteiger partial charge in [0.2, 0.25) is 15.8 Å². The molecule has 0 radical (unpaired) electrons. The second-order valence-corrected chi connectivity index (χ2v) is 8.66. The van der Waals surface area contributed by atoms with Crippen LogP contribution in [0.15, 0.2) is 29.2 Å². The van der Waals surface area contributed by atoms with Gasteiger partial charge in [-0.1, -0.05) is 11.6 Å². The Bertz CT molecular complexity index is 1060. The third-order valence-electron chi connectivity index (χ3n) is 4.24. The molecule has 29 heavy (non-hydrogen) atoms. The number of halogens is 1. The van der Waals surface area contributed by atoms with Crippen molar-refractivity contribution in [3.63, 3.8) is 0 Å². The summed E-state index contributed by atoms with van der Waals surface area (Å²) in [6.45, 7) is 5.42. The van der Waals surface area contributed by atoms with E-state index in [0.717, 1.165) is 0 Å². The van der Waals surface area contributed by atoms with Crippen LogP contribution in [0.25, 0.3) is 0 Å². The van der Waals surface area contributed by atoms with Crippen LogP contribution in [0.2, 0.25) is 5.02 Å². The van der Waals surface area contributed by atoms with E-state index in [1.54, 1.807) is 13.8 Å². The number of esters is 1. The SMILES string of the molecule is CC(=O)c1c(C)[nH]c(C(=O)C(C)OC(=O)CNS(=O)(=O)c2ccc(Cl)cc2)c1C. The van der Waals surface area contributed by atoms with Gasteiger partial charge in [0.25, 0.3) is 0 Å². The van der Waals surface area contributed by atoms with E-state index in [-0.39, 0.29) is 16.4 Å². The van der Waals surface area contributed by atoms with Gasteiger partial charge in [-0.05, 0) is 57.5 Å². The first-order valence-electron chi connectivity index (χ1n) is 8.63. The van der Waals surface area contributed by atoms with Gasteiger partial charge >= 0.3 is 5.97 Å². The van der Waals surface area contributed by atoms with E-state index in [2.05, 4.69) is 9.71 Å². The topological polar surface area (TPSA) is 122 Å². The van der Waals surface area contributed by atoms with E-state index < -0.39 is 34.4 Å². The van der Waals surface area contributed by atoms with Crippen LogP contribution >= 0.6 is 11.6 Å². The second-order valence-electron chi connectivity index (χ2n) is 6.46. The molecule has 2 N–H and O–H groups in total. The van der Waals surface area contributed by atoms with Crippen LogP contribution in [-0.4, -0.2) is 43.6 Å². The van der Waals surface area contributed by atoms with E-state index in [0.29, 0.717) is 21.8 Å². The zero-order valence-electron chi connectivity index (χ0n) is 16.3. The molecular formula is C19H21ClN2O6S. The summed E-state index contributed by atoms with van der Waals surface area (Å²) in [5, 5.41) is 0.374. The predicted octanol–water partition coefficient (Wildman–Crippen LogP) is 2.58. The zero-order valence-corrected chi connectivity index (χ0v) is 17.9. The van der Waals surface area contributed by atoms with Gasteiger partial charge in [-0.15, -0.1) is 0 Å². The molecule has 1 aromatic carbocycles. The van der Waals surface area contributed by atoms with E-state index >= 15 is 0 Å². The number of carbonyl (C=O) groups is 3. The molecule has 156 valence electrons. The van der Waals surface area contributed by atoms with Gasteiger partial charge in [-0.3, -0.25) is 14.4 Å². The van der Waals surface area contributed by atoms with Crippen molar-refractivity contribution >= 4 is 39.2 Å². The van der Waals surface area contributed by atoms with Crippen LogP contribution in [0, 0.1) is 13.8 Å². The van der Waals surface area contributed by atoms with Gasteiger partial charge < -0.3 is 9.72 Å². The summed E-state index contributed by atoms with van der Waals surface area (Å²) in [7, 11) is -3.94. The summed E-state index contributed by atoms with van der Waals surface area (Å²) < 4.78 is 31.5. The summed E-state index contributed by atoms with van der Waals surface area (Å²) in [6, 6.07) is 5.41. The number of carbonyl (C=O) groups excluding carboxylic acids is 3. The molecule has 0 fully saturated rings. The number of H-pyrrole nitrogens is 1. The third-order valence-corrected chi connectivity index (χ3v) is 5.91. The molecule has 0 saturated heterocycles. The van der Waals surface area contributed by atoms with Crippen molar-refractivity contribution in [1.29, 1.82) is 0 Å². The Kier molecular flexibility index (Phi) is 6.99. The molecule has 0 aliphatic carbocycles. The van der Waals surface area contributed by atoms with Gasteiger partial charge in [0.15, 0.2) is 11.9 Å². The molecule has 1 aromatic heterocycles. The highest BCUT2D eigenvalue weighted by atomic mass is 35.5. The molecular weight excluding hydrogens is 420 g/mol. The fourth-order valence-electron chi connectivity index (χ4n) is 2.87. The molecule has 0 amide bonds. The number of ether oxygens (including phenoxy) is 1. The summed E-state index contributed by atoms with van der Waals surface area (Å²) in [5.41, 5.74) is 1.62. The highest BCUT2D eigenvalue weighted by molar-refractivity contribution is 7.89. The standard InChI is InChI=1S/C19H21ClN2O6S/c1-10-17(12(3)23)11(2)22-18(10)19(25)13(4)28-16(24)9-21-29(26,27)15-7-5-14(20)6-8-15/h5-8,13,21-22H,9H2,1-4H3. The second kappa shape index (κ2) is 8.89. The lowest BCUT2D eigenvalue weighted by atomic mass is 10.0.